The van der Waals surface area contributed by atoms with Crippen LogP contribution in [0.2, 0.25) is 5.02 Å². The second kappa shape index (κ2) is 9.19. The number of amides is 1. The minimum atomic E-state index is -4.40. The Kier molecular flexibility index (Phi) is 6.77. The van der Waals surface area contributed by atoms with Crippen molar-refractivity contribution in [1.29, 1.82) is 0 Å². The Balaban J connectivity index is 2.20. The summed E-state index contributed by atoms with van der Waals surface area (Å²) >= 11 is 5.85. The molecule has 0 aliphatic rings. The highest BCUT2D eigenvalue weighted by molar-refractivity contribution is 7.87. The molecule has 0 unspecified atom stereocenters. The van der Waals surface area contributed by atoms with Crippen molar-refractivity contribution in [3.63, 3.8) is 0 Å². The highest BCUT2D eigenvalue weighted by Crippen LogP contribution is 2.36. The van der Waals surface area contributed by atoms with Gasteiger partial charge in [0.05, 0.1) is 17.7 Å². The Bertz CT molecular complexity index is 1280. The minimum absolute atomic E-state index is 0.0436. The highest BCUT2D eigenvalue weighted by Gasteiger charge is 2.30. The fourth-order valence-electron chi connectivity index (χ4n) is 3.37. The van der Waals surface area contributed by atoms with Gasteiger partial charge in [-0.2, -0.15) is 8.42 Å². The van der Waals surface area contributed by atoms with Crippen LogP contribution in [0.25, 0.3) is 10.9 Å². The predicted octanol–water partition coefficient (Wildman–Crippen LogP) is 2.96. The molecule has 3 rings (SSSR count). The number of halogens is 1. The average Bonchev–Trinajstić information content (AvgIpc) is 2.96. The Labute approximate surface area is 190 Å². The second-order valence-corrected chi connectivity index (χ2v) is 9.29. The Morgan fingerprint density at radius 2 is 1.81 bits per heavy atom. The van der Waals surface area contributed by atoms with Crippen LogP contribution in [0, 0.1) is 6.92 Å². The van der Waals surface area contributed by atoms with E-state index in [9.17, 15) is 23.1 Å². The van der Waals surface area contributed by atoms with Crippen LogP contribution in [0.3, 0.4) is 0 Å². The number of carbonyl (C=O) groups is 2. The summed E-state index contributed by atoms with van der Waals surface area (Å²) in [5.74, 6) is -1.45. The monoisotopic (exact) mass is 479 g/mol. The van der Waals surface area contributed by atoms with Crippen LogP contribution in [0.1, 0.15) is 5.69 Å². The number of carbonyl (C=O) groups excluding carboxylic acids is 1. The quantitative estimate of drug-likeness (QED) is 0.477. The number of hydrogen-bond acceptors (Lipinski definition) is 6. The normalized spacial score (nSPS) is 11.7. The molecular weight excluding hydrogens is 458 g/mol. The topological polar surface area (TPSA) is 118 Å². The molecule has 0 bridgehead atoms. The number of aromatic nitrogens is 1. The molecule has 2 aromatic carbocycles. The molecule has 0 spiro atoms. The molecule has 32 heavy (non-hydrogen) atoms. The van der Waals surface area contributed by atoms with Crippen molar-refractivity contribution in [2.75, 3.05) is 26.0 Å². The fraction of sp³-hybridized carbons (Fsp3) is 0.238. The molecule has 170 valence electrons. The van der Waals surface area contributed by atoms with Crippen molar-refractivity contribution in [2.24, 2.45) is 0 Å². The third kappa shape index (κ3) is 5.04. The van der Waals surface area contributed by atoms with Gasteiger partial charge < -0.3 is 24.1 Å². The van der Waals surface area contributed by atoms with Gasteiger partial charge in [0.1, 0.15) is 17.2 Å². The van der Waals surface area contributed by atoms with Gasteiger partial charge in [-0.25, -0.2) is 0 Å². The van der Waals surface area contributed by atoms with Crippen molar-refractivity contribution in [1.82, 2.24) is 9.47 Å². The number of likely N-dealkylation sites (N-methyl/N-ethyl adjacent to an activating group) is 1. The van der Waals surface area contributed by atoms with Crippen LogP contribution in [-0.4, -0.2) is 55.5 Å². The summed E-state index contributed by atoms with van der Waals surface area (Å²) in [7, 11) is -0.947. The minimum Gasteiger partial charge on any atom is -0.480 e. The maximum Gasteiger partial charge on any atom is 0.341 e. The molecule has 9 nitrogen and oxygen atoms in total. The van der Waals surface area contributed by atoms with Gasteiger partial charge in [-0.3, -0.25) is 9.59 Å². The summed E-state index contributed by atoms with van der Waals surface area (Å²) < 4.78 is 33.3. The van der Waals surface area contributed by atoms with Gasteiger partial charge in [0.25, 0.3) is 0 Å². The zero-order valence-corrected chi connectivity index (χ0v) is 19.2. The number of fused-ring (bicyclic) bond motifs is 1. The Morgan fingerprint density at radius 3 is 2.41 bits per heavy atom. The number of benzene rings is 2. The van der Waals surface area contributed by atoms with E-state index in [0.717, 1.165) is 0 Å². The number of hydrogen-bond donors (Lipinski definition) is 2. The number of carboxylic acids is 1. The number of nitrogens with zero attached hydrogens (tertiary/aromatic N) is 2. The molecule has 0 aliphatic heterocycles. The fourth-order valence-corrected chi connectivity index (χ4v) is 4.88. The average molecular weight is 480 g/mol. The van der Waals surface area contributed by atoms with Crippen molar-refractivity contribution in [2.45, 2.75) is 18.4 Å². The van der Waals surface area contributed by atoms with E-state index in [1.165, 1.54) is 35.8 Å². The Morgan fingerprint density at radius 1 is 1.16 bits per heavy atom. The molecule has 1 heterocycles. The number of carboxylic acid groups (broad SMARTS) is 1. The van der Waals surface area contributed by atoms with Gasteiger partial charge >= 0.3 is 16.1 Å². The van der Waals surface area contributed by atoms with Crippen LogP contribution in [0.5, 0.6) is 5.75 Å². The van der Waals surface area contributed by atoms with E-state index in [4.69, 9.17) is 15.8 Å². The molecule has 0 saturated heterocycles. The summed E-state index contributed by atoms with van der Waals surface area (Å²) in [6.07, 6.45) is 0. The molecule has 0 fully saturated rings. The lowest BCUT2D eigenvalue weighted by atomic mass is 10.2. The van der Waals surface area contributed by atoms with Gasteiger partial charge in [0.15, 0.2) is 0 Å². The predicted molar refractivity (Wildman–Crippen MR) is 121 cm³/mol. The van der Waals surface area contributed by atoms with Crippen LogP contribution >= 0.6 is 11.6 Å². The van der Waals surface area contributed by atoms with Crippen LogP contribution < -0.4 is 9.50 Å². The van der Waals surface area contributed by atoms with Gasteiger partial charge in [-0.05, 0) is 57.4 Å². The summed E-state index contributed by atoms with van der Waals surface area (Å²) in [5, 5.41) is 12.6. The van der Waals surface area contributed by atoms with E-state index in [1.54, 1.807) is 37.2 Å². The standard InChI is InChI=1S/C21H22ClN3O6S/c1-13-21(32(29,30)31-15-9-7-14(22)8-10-15)20-16(23-18(26)11-24(2)3)5-4-6-17(20)25(13)12-19(27)28/h4-10H,11-12H2,1-3H3,(H,23,26)(H,27,28). The smallest absolute Gasteiger partial charge is 0.341 e. The third-order valence-corrected chi connectivity index (χ3v) is 6.25. The lowest BCUT2D eigenvalue weighted by Crippen LogP contribution is -2.27. The van der Waals surface area contributed by atoms with Crippen LogP contribution in [0.15, 0.2) is 47.4 Å². The number of aliphatic carboxylic acids is 1. The summed E-state index contributed by atoms with van der Waals surface area (Å²) in [5.41, 5.74) is 0.747. The molecule has 1 aromatic heterocycles. The number of nitrogens with one attached hydrogen (secondary N) is 1. The van der Waals surface area contributed by atoms with E-state index in [2.05, 4.69) is 5.32 Å². The van der Waals surface area contributed by atoms with Gasteiger partial charge in [0, 0.05) is 16.1 Å². The first kappa shape index (κ1) is 23.6. The molecular formula is C21H22ClN3O6S. The molecule has 3 aromatic rings. The number of rotatable bonds is 8. The summed E-state index contributed by atoms with van der Waals surface area (Å²) in [6.45, 7) is 1.11. The molecule has 11 heteroatoms. The SMILES string of the molecule is Cc1c(S(=O)(=O)Oc2ccc(Cl)cc2)c2c(NC(=O)CN(C)C)cccc2n1CC(=O)O. The molecule has 0 aliphatic carbocycles. The zero-order chi connectivity index (χ0) is 23.6. The van der Waals surface area contributed by atoms with Crippen molar-refractivity contribution in [3.05, 3.63) is 53.2 Å². The Hall–Kier alpha value is -3.08. The van der Waals surface area contributed by atoms with E-state index >= 15 is 0 Å². The molecule has 0 radical (unpaired) electrons. The van der Waals surface area contributed by atoms with E-state index in [-0.39, 0.29) is 39.9 Å². The lowest BCUT2D eigenvalue weighted by Gasteiger charge is -2.12. The van der Waals surface area contributed by atoms with Crippen molar-refractivity contribution >= 4 is 50.2 Å². The lowest BCUT2D eigenvalue weighted by molar-refractivity contribution is -0.137. The third-order valence-electron chi connectivity index (χ3n) is 4.59. The molecule has 0 saturated carbocycles. The maximum absolute atomic E-state index is 13.3. The maximum atomic E-state index is 13.3. The molecule has 2 N–H and O–H groups in total. The van der Waals surface area contributed by atoms with E-state index < -0.39 is 22.6 Å². The van der Waals surface area contributed by atoms with Crippen molar-refractivity contribution in [3.8, 4) is 5.75 Å². The first-order valence-corrected chi connectivity index (χ1v) is 11.3. The largest absolute Gasteiger partial charge is 0.480 e. The summed E-state index contributed by atoms with van der Waals surface area (Å²) in [4.78, 5) is 25.3. The van der Waals surface area contributed by atoms with Crippen LogP contribution in [-0.2, 0) is 26.3 Å². The first-order chi connectivity index (χ1) is 15.0. The first-order valence-electron chi connectivity index (χ1n) is 9.48. The van der Waals surface area contributed by atoms with E-state index in [0.29, 0.717) is 10.5 Å². The zero-order valence-electron chi connectivity index (χ0n) is 17.6. The van der Waals surface area contributed by atoms with Gasteiger partial charge in [-0.1, -0.05) is 17.7 Å². The molecule has 0 atom stereocenters. The number of anilines is 1. The summed E-state index contributed by atoms with van der Waals surface area (Å²) in [6, 6.07) is 10.5. The van der Waals surface area contributed by atoms with Crippen LogP contribution in [0.4, 0.5) is 5.69 Å². The molecule has 1 amide bonds. The van der Waals surface area contributed by atoms with Gasteiger partial charge in [0.2, 0.25) is 5.91 Å². The second-order valence-electron chi connectivity index (χ2n) is 7.37. The van der Waals surface area contributed by atoms with Gasteiger partial charge in [-0.15, -0.1) is 0 Å². The van der Waals surface area contributed by atoms with Crippen molar-refractivity contribution < 1.29 is 27.3 Å². The van der Waals surface area contributed by atoms with E-state index in [1.807, 2.05) is 0 Å². The highest BCUT2D eigenvalue weighted by atomic mass is 35.5.